The lowest BCUT2D eigenvalue weighted by molar-refractivity contribution is -0.130. The molecular formula is C16H20FN3O3. The Bertz CT molecular complexity index is 601. The van der Waals surface area contributed by atoms with Gasteiger partial charge in [0.2, 0.25) is 5.91 Å². The Hall–Kier alpha value is -2.44. The third kappa shape index (κ3) is 4.77. The zero-order valence-electron chi connectivity index (χ0n) is 13.3. The predicted molar refractivity (Wildman–Crippen MR) is 83.6 cm³/mol. The van der Waals surface area contributed by atoms with E-state index in [1.165, 1.54) is 17.1 Å². The molecule has 1 heterocycles. The van der Waals surface area contributed by atoms with Crippen molar-refractivity contribution in [2.75, 3.05) is 27.2 Å². The van der Waals surface area contributed by atoms with E-state index in [9.17, 15) is 14.0 Å². The van der Waals surface area contributed by atoms with E-state index < -0.39 is 0 Å². The number of ether oxygens (including phenoxy) is 1. The summed E-state index contributed by atoms with van der Waals surface area (Å²) in [5, 5.41) is 5.22. The Morgan fingerprint density at radius 2 is 2.04 bits per heavy atom. The van der Waals surface area contributed by atoms with E-state index in [4.69, 9.17) is 4.74 Å². The topological polar surface area (TPSA) is 62.2 Å². The molecule has 2 rings (SSSR count). The molecule has 124 valence electrons. The number of rotatable bonds is 6. The molecule has 1 aliphatic rings. The fraction of sp³-hybridized carbons (Fsp3) is 0.438. The summed E-state index contributed by atoms with van der Waals surface area (Å²) >= 11 is 0. The second kappa shape index (κ2) is 7.71. The van der Waals surface area contributed by atoms with E-state index in [2.05, 4.69) is 5.10 Å². The number of benzene rings is 1. The van der Waals surface area contributed by atoms with Crippen LogP contribution in [0.4, 0.5) is 4.39 Å². The van der Waals surface area contributed by atoms with Gasteiger partial charge in [-0.2, -0.15) is 5.10 Å². The summed E-state index contributed by atoms with van der Waals surface area (Å²) in [5.74, 6) is 0.0274. The summed E-state index contributed by atoms with van der Waals surface area (Å²) in [4.78, 5) is 25.1. The second-order valence-electron chi connectivity index (χ2n) is 5.35. The van der Waals surface area contributed by atoms with Gasteiger partial charge in [0.15, 0.2) is 0 Å². The third-order valence-electron chi connectivity index (χ3n) is 3.52. The third-order valence-corrected chi connectivity index (χ3v) is 3.52. The van der Waals surface area contributed by atoms with Crippen molar-refractivity contribution in [2.45, 2.75) is 19.3 Å². The lowest BCUT2D eigenvalue weighted by Crippen LogP contribution is -2.39. The van der Waals surface area contributed by atoms with Gasteiger partial charge in [-0.15, -0.1) is 0 Å². The van der Waals surface area contributed by atoms with E-state index in [1.54, 1.807) is 31.1 Å². The lowest BCUT2D eigenvalue weighted by Gasteiger charge is -2.23. The van der Waals surface area contributed by atoms with Crippen LogP contribution in [-0.2, 0) is 9.59 Å². The molecule has 0 spiro atoms. The number of nitrogens with zero attached hydrogens (tertiary/aromatic N) is 3. The highest BCUT2D eigenvalue weighted by Crippen LogP contribution is 2.12. The molecule has 0 fully saturated rings. The van der Waals surface area contributed by atoms with Gasteiger partial charge in [0.05, 0.1) is 6.61 Å². The molecule has 0 aromatic heterocycles. The maximum Gasteiger partial charge on any atom is 0.269 e. The molecule has 0 N–H and O–H groups in total. The Balaban J connectivity index is 1.75. The Labute approximate surface area is 134 Å². The van der Waals surface area contributed by atoms with Gasteiger partial charge in [0.1, 0.15) is 17.3 Å². The van der Waals surface area contributed by atoms with E-state index in [1.807, 2.05) is 0 Å². The number of hydrazone groups is 1. The molecule has 1 aromatic carbocycles. The molecule has 0 aliphatic carbocycles. The zero-order valence-corrected chi connectivity index (χ0v) is 13.3. The average molecular weight is 321 g/mol. The Morgan fingerprint density at radius 3 is 2.70 bits per heavy atom. The highest BCUT2D eigenvalue weighted by Gasteiger charge is 2.23. The summed E-state index contributed by atoms with van der Waals surface area (Å²) in [5.41, 5.74) is 0.397. The van der Waals surface area contributed by atoms with Crippen molar-refractivity contribution in [3.8, 4) is 5.75 Å². The summed E-state index contributed by atoms with van der Waals surface area (Å²) in [7, 11) is 3.24. The van der Waals surface area contributed by atoms with Crippen LogP contribution in [-0.4, -0.2) is 54.7 Å². The van der Waals surface area contributed by atoms with Crippen molar-refractivity contribution in [1.82, 2.24) is 9.91 Å². The van der Waals surface area contributed by atoms with Crippen molar-refractivity contribution in [3.05, 3.63) is 30.1 Å². The van der Waals surface area contributed by atoms with Gasteiger partial charge < -0.3 is 9.64 Å². The number of hydrogen-bond acceptors (Lipinski definition) is 4. The van der Waals surface area contributed by atoms with Gasteiger partial charge in [-0.05, 0) is 30.7 Å². The quantitative estimate of drug-likeness (QED) is 0.749. The zero-order chi connectivity index (χ0) is 16.8. The van der Waals surface area contributed by atoms with Crippen molar-refractivity contribution >= 4 is 17.5 Å². The molecule has 0 radical (unpaired) electrons. The normalized spacial score (nSPS) is 14.5. The number of halogens is 1. The first-order valence-corrected chi connectivity index (χ1v) is 7.45. The average Bonchev–Trinajstić information content (AvgIpc) is 2.55. The first kappa shape index (κ1) is 16.9. The van der Waals surface area contributed by atoms with Crippen LogP contribution in [0.15, 0.2) is 29.4 Å². The van der Waals surface area contributed by atoms with Crippen LogP contribution in [0.25, 0.3) is 0 Å². The summed E-state index contributed by atoms with van der Waals surface area (Å²) < 4.78 is 18.2. The highest BCUT2D eigenvalue weighted by molar-refractivity contribution is 6.39. The lowest BCUT2D eigenvalue weighted by atomic mass is 10.1. The van der Waals surface area contributed by atoms with E-state index in [-0.39, 0.29) is 17.6 Å². The van der Waals surface area contributed by atoms with Gasteiger partial charge >= 0.3 is 0 Å². The van der Waals surface area contributed by atoms with Crippen LogP contribution in [0, 0.1) is 5.82 Å². The van der Waals surface area contributed by atoms with Crippen LogP contribution < -0.4 is 4.74 Å². The molecule has 0 unspecified atom stereocenters. The fourth-order valence-corrected chi connectivity index (χ4v) is 2.17. The van der Waals surface area contributed by atoms with E-state index in [0.717, 1.165) is 0 Å². The highest BCUT2D eigenvalue weighted by atomic mass is 19.1. The molecule has 1 aliphatic heterocycles. The smallest absolute Gasteiger partial charge is 0.269 e. The maximum atomic E-state index is 12.8. The molecule has 1 aromatic rings. The molecule has 6 nitrogen and oxygen atoms in total. The fourth-order valence-electron chi connectivity index (χ4n) is 2.17. The standard InChI is InChI=1S/C16H20FN3O3/c1-19(16(22)14-8-9-15(21)20(2)18-14)10-3-11-23-13-6-4-12(17)5-7-13/h4-7H,3,8-11H2,1-2H3. The largest absolute Gasteiger partial charge is 0.494 e. The minimum Gasteiger partial charge on any atom is -0.494 e. The van der Waals surface area contributed by atoms with E-state index in [0.29, 0.717) is 43.9 Å². The number of amides is 2. The van der Waals surface area contributed by atoms with Crippen LogP contribution >= 0.6 is 0 Å². The minimum absolute atomic E-state index is 0.0862. The maximum absolute atomic E-state index is 12.8. The number of carbonyl (C=O) groups is 2. The molecular weight excluding hydrogens is 301 g/mol. The van der Waals surface area contributed by atoms with Gasteiger partial charge in [-0.25, -0.2) is 9.40 Å². The van der Waals surface area contributed by atoms with Crippen LogP contribution in [0.5, 0.6) is 5.75 Å². The van der Waals surface area contributed by atoms with E-state index >= 15 is 0 Å². The first-order valence-electron chi connectivity index (χ1n) is 7.45. The molecule has 7 heteroatoms. The monoisotopic (exact) mass is 321 g/mol. The van der Waals surface area contributed by atoms with Gasteiger partial charge in [0, 0.05) is 33.5 Å². The predicted octanol–water partition coefficient (Wildman–Crippen LogP) is 1.66. The van der Waals surface area contributed by atoms with Gasteiger partial charge in [-0.1, -0.05) is 0 Å². The summed E-state index contributed by atoms with van der Waals surface area (Å²) in [6, 6.07) is 5.80. The summed E-state index contributed by atoms with van der Waals surface area (Å²) in [6.45, 7) is 0.935. The second-order valence-corrected chi connectivity index (χ2v) is 5.35. The number of carbonyl (C=O) groups excluding carboxylic acids is 2. The molecule has 0 saturated carbocycles. The van der Waals surface area contributed by atoms with Crippen LogP contribution in [0.3, 0.4) is 0 Å². The molecule has 0 bridgehead atoms. The van der Waals surface area contributed by atoms with Crippen molar-refractivity contribution in [2.24, 2.45) is 5.10 Å². The minimum atomic E-state index is -0.306. The Kier molecular flexibility index (Phi) is 5.67. The van der Waals surface area contributed by atoms with Crippen molar-refractivity contribution in [3.63, 3.8) is 0 Å². The molecule has 0 saturated heterocycles. The SMILES string of the molecule is CN(CCCOc1ccc(F)cc1)C(=O)C1=NN(C)C(=O)CC1. The first-order chi connectivity index (χ1) is 11.0. The van der Waals surface area contributed by atoms with Crippen molar-refractivity contribution < 1.29 is 18.7 Å². The Morgan fingerprint density at radius 1 is 1.35 bits per heavy atom. The van der Waals surface area contributed by atoms with Gasteiger partial charge in [-0.3, -0.25) is 9.59 Å². The van der Waals surface area contributed by atoms with Crippen LogP contribution in [0.2, 0.25) is 0 Å². The molecule has 23 heavy (non-hydrogen) atoms. The molecule has 2 amide bonds. The number of hydrogen-bond donors (Lipinski definition) is 0. The summed E-state index contributed by atoms with van der Waals surface area (Å²) in [6.07, 6.45) is 1.32. The molecule has 0 atom stereocenters. The van der Waals surface area contributed by atoms with Crippen LogP contribution in [0.1, 0.15) is 19.3 Å². The van der Waals surface area contributed by atoms with Gasteiger partial charge in [0.25, 0.3) is 5.91 Å². The van der Waals surface area contributed by atoms with Crippen molar-refractivity contribution in [1.29, 1.82) is 0 Å².